The van der Waals surface area contributed by atoms with Gasteiger partial charge in [-0.15, -0.1) is 0 Å². The van der Waals surface area contributed by atoms with Crippen LogP contribution in [0, 0.1) is 0 Å². The fraction of sp³-hybridized carbons (Fsp3) is 0.188. The normalized spacial score (nSPS) is 10.7. The van der Waals surface area contributed by atoms with E-state index in [9.17, 15) is 9.59 Å². The Bertz CT molecular complexity index is 646. The van der Waals surface area contributed by atoms with Crippen LogP contribution in [0.3, 0.4) is 0 Å². The highest BCUT2D eigenvalue weighted by atomic mass is 16.4. The zero-order chi connectivity index (χ0) is 15.8. The van der Waals surface area contributed by atoms with Gasteiger partial charge in [-0.05, 0) is 30.2 Å². The summed E-state index contributed by atoms with van der Waals surface area (Å²) in [5.74, 6) is -1.24. The van der Waals surface area contributed by atoms with Crippen molar-refractivity contribution >= 4 is 11.9 Å². The third-order valence-corrected chi connectivity index (χ3v) is 3.00. The summed E-state index contributed by atoms with van der Waals surface area (Å²) < 4.78 is 1.78. The monoisotopic (exact) mass is 299 g/mol. The number of hydrogen-bond acceptors (Lipinski definition) is 3. The van der Waals surface area contributed by atoms with Gasteiger partial charge in [-0.1, -0.05) is 18.2 Å². The predicted octanol–water partition coefficient (Wildman–Crippen LogP) is 1.56. The molecule has 0 atom stereocenters. The summed E-state index contributed by atoms with van der Waals surface area (Å²) in [4.78, 5) is 21.7. The largest absolute Gasteiger partial charge is 0.478 e. The Labute approximate surface area is 128 Å². The Balaban J connectivity index is 1.75. The van der Waals surface area contributed by atoms with Crippen LogP contribution >= 0.6 is 0 Å². The molecule has 6 nitrogen and oxygen atoms in total. The molecule has 0 saturated carbocycles. The second-order valence-corrected chi connectivity index (χ2v) is 4.66. The highest BCUT2D eigenvalue weighted by Gasteiger charge is 2.00. The molecule has 1 aromatic carbocycles. The summed E-state index contributed by atoms with van der Waals surface area (Å²) in [6, 6.07) is 9.79. The van der Waals surface area contributed by atoms with E-state index in [4.69, 9.17) is 5.11 Å². The number of carboxylic acids is 1. The molecule has 0 saturated heterocycles. The first-order chi connectivity index (χ1) is 10.6. The van der Waals surface area contributed by atoms with Crippen molar-refractivity contribution < 1.29 is 14.7 Å². The van der Waals surface area contributed by atoms with Crippen molar-refractivity contribution in [2.24, 2.45) is 0 Å². The highest BCUT2D eigenvalue weighted by Crippen LogP contribution is 2.08. The maximum absolute atomic E-state index is 11.5. The van der Waals surface area contributed by atoms with Gasteiger partial charge in [0.25, 0.3) is 0 Å². The van der Waals surface area contributed by atoms with Gasteiger partial charge in [0.1, 0.15) is 0 Å². The highest BCUT2D eigenvalue weighted by molar-refractivity contribution is 5.82. The van der Waals surface area contributed by atoms with E-state index in [1.165, 1.54) is 6.08 Å². The number of aromatic nitrogens is 2. The molecule has 2 aromatic rings. The standard InChI is InChI=1S/C16H17N3O3/c20-15(3-1-4-16(21)22)17-11-9-13-5-7-14(8-6-13)19-12-2-10-18-19/h1-2,4-8,10,12H,3,9,11H2,(H,17,20)(H,21,22)/b4-1+. The zero-order valence-corrected chi connectivity index (χ0v) is 12.0. The lowest BCUT2D eigenvalue weighted by molar-refractivity contribution is -0.131. The molecular formula is C16H17N3O3. The molecule has 1 amide bonds. The molecule has 0 bridgehead atoms. The molecule has 0 aliphatic heterocycles. The Hall–Kier alpha value is -2.89. The molecule has 2 N–H and O–H groups in total. The number of rotatable bonds is 7. The first-order valence-corrected chi connectivity index (χ1v) is 6.90. The molecule has 1 aromatic heterocycles. The van der Waals surface area contributed by atoms with Crippen molar-refractivity contribution in [3.05, 3.63) is 60.4 Å². The quantitative estimate of drug-likeness (QED) is 0.760. The summed E-state index contributed by atoms with van der Waals surface area (Å²) >= 11 is 0. The summed E-state index contributed by atoms with van der Waals surface area (Å²) in [5.41, 5.74) is 2.09. The number of benzene rings is 1. The van der Waals surface area contributed by atoms with Crippen molar-refractivity contribution in [1.82, 2.24) is 15.1 Å². The second kappa shape index (κ2) is 7.78. The van der Waals surface area contributed by atoms with Gasteiger partial charge in [-0.3, -0.25) is 4.79 Å². The smallest absolute Gasteiger partial charge is 0.327 e. The molecule has 0 aliphatic carbocycles. The van der Waals surface area contributed by atoms with Gasteiger partial charge < -0.3 is 10.4 Å². The lowest BCUT2D eigenvalue weighted by Crippen LogP contribution is -2.24. The van der Waals surface area contributed by atoms with Crippen LogP contribution in [0.1, 0.15) is 12.0 Å². The van der Waals surface area contributed by atoms with Gasteiger partial charge in [0, 0.05) is 31.4 Å². The number of carboxylic acid groups (broad SMARTS) is 1. The van der Waals surface area contributed by atoms with Gasteiger partial charge in [-0.25, -0.2) is 9.48 Å². The number of amides is 1. The summed E-state index contributed by atoms with van der Waals surface area (Å²) in [6.07, 6.45) is 6.69. The van der Waals surface area contributed by atoms with Crippen molar-refractivity contribution in [2.75, 3.05) is 6.54 Å². The molecule has 0 radical (unpaired) electrons. The van der Waals surface area contributed by atoms with E-state index >= 15 is 0 Å². The molecule has 1 heterocycles. The summed E-state index contributed by atoms with van der Waals surface area (Å²) in [7, 11) is 0. The summed E-state index contributed by atoms with van der Waals surface area (Å²) in [5, 5.41) is 15.3. The maximum atomic E-state index is 11.5. The minimum Gasteiger partial charge on any atom is -0.478 e. The van der Waals surface area contributed by atoms with Crippen molar-refractivity contribution in [2.45, 2.75) is 12.8 Å². The fourth-order valence-electron chi connectivity index (χ4n) is 1.92. The lowest BCUT2D eigenvalue weighted by Gasteiger charge is -2.06. The van der Waals surface area contributed by atoms with E-state index in [2.05, 4.69) is 10.4 Å². The Morgan fingerprint density at radius 1 is 1.27 bits per heavy atom. The topological polar surface area (TPSA) is 84.2 Å². The molecule has 22 heavy (non-hydrogen) atoms. The Kier molecular flexibility index (Phi) is 5.48. The molecule has 2 rings (SSSR count). The zero-order valence-electron chi connectivity index (χ0n) is 12.0. The number of carbonyl (C=O) groups excluding carboxylic acids is 1. The van der Waals surface area contributed by atoms with Crippen LogP contribution in [-0.2, 0) is 16.0 Å². The third-order valence-electron chi connectivity index (χ3n) is 3.00. The van der Waals surface area contributed by atoms with E-state index in [1.807, 2.05) is 36.5 Å². The molecular weight excluding hydrogens is 282 g/mol. The van der Waals surface area contributed by atoms with Crippen molar-refractivity contribution in [3.8, 4) is 5.69 Å². The van der Waals surface area contributed by atoms with Gasteiger partial charge in [0.2, 0.25) is 5.91 Å². The summed E-state index contributed by atoms with van der Waals surface area (Å²) in [6.45, 7) is 0.515. The van der Waals surface area contributed by atoms with Gasteiger partial charge >= 0.3 is 5.97 Å². The minimum absolute atomic E-state index is 0.0739. The van der Waals surface area contributed by atoms with E-state index < -0.39 is 5.97 Å². The van der Waals surface area contributed by atoms with Gasteiger partial charge in [-0.2, -0.15) is 5.10 Å². The lowest BCUT2D eigenvalue weighted by atomic mass is 10.1. The average molecular weight is 299 g/mol. The van der Waals surface area contributed by atoms with Crippen LogP contribution in [0.5, 0.6) is 0 Å². The third kappa shape index (κ3) is 4.90. The van der Waals surface area contributed by atoms with Crippen LogP contribution in [0.4, 0.5) is 0 Å². The number of nitrogens with zero attached hydrogens (tertiary/aromatic N) is 2. The first-order valence-electron chi connectivity index (χ1n) is 6.90. The minimum atomic E-state index is -1.05. The van der Waals surface area contributed by atoms with Crippen LogP contribution < -0.4 is 5.32 Å². The average Bonchev–Trinajstić information content (AvgIpc) is 3.02. The van der Waals surface area contributed by atoms with E-state index in [-0.39, 0.29) is 12.3 Å². The van der Waals surface area contributed by atoms with Crippen molar-refractivity contribution in [3.63, 3.8) is 0 Å². The molecule has 0 aliphatic rings. The van der Waals surface area contributed by atoms with Crippen LogP contribution in [-0.4, -0.2) is 33.3 Å². The number of hydrogen-bond donors (Lipinski definition) is 2. The molecule has 0 fully saturated rings. The molecule has 0 unspecified atom stereocenters. The SMILES string of the molecule is O=C(O)/C=C/CC(=O)NCCc1ccc(-n2cccn2)cc1. The molecule has 114 valence electrons. The fourth-order valence-corrected chi connectivity index (χ4v) is 1.92. The second-order valence-electron chi connectivity index (χ2n) is 4.66. The number of carbonyl (C=O) groups is 2. The van der Waals surface area contributed by atoms with E-state index in [1.54, 1.807) is 10.9 Å². The molecule has 6 heteroatoms. The first kappa shape index (κ1) is 15.5. The van der Waals surface area contributed by atoms with Crippen LogP contribution in [0.15, 0.2) is 54.9 Å². The Morgan fingerprint density at radius 3 is 2.68 bits per heavy atom. The maximum Gasteiger partial charge on any atom is 0.327 e. The predicted molar refractivity (Wildman–Crippen MR) is 81.7 cm³/mol. The van der Waals surface area contributed by atoms with Gasteiger partial charge in [0.05, 0.1) is 5.69 Å². The van der Waals surface area contributed by atoms with Crippen molar-refractivity contribution in [1.29, 1.82) is 0 Å². The van der Waals surface area contributed by atoms with E-state index in [0.717, 1.165) is 17.3 Å². The Morgan fingerprint density at radius 2 is 2.05 bits per heavy atom. The van der Waals surface area contributed by atoms with Gasteiger partial charge in [0.15, 0.2) is 0 Å². The van der Waals surface area contributed by atoms with Crippen LogP contribution in [0.25, 0.3) is 5.69 Å². The van der Waals surface area contributed by atoms with E-state index in [0.29, 0.717) is 13.0 Å². The number of aliphatic carboxylic acids is 1. The number of nitrogens with one attached hydrogen (secondary N) is 1. The molecule has 0 spiro atoms. The van der Waals surface area contributed by atoms with Crippen LogP contribution in [0.2, 0.25) is 0 Å².